The Balaban J connectivity index is 1.90. The van der Waals surface area contributed by atoms with Gasteiger partial charge in [0, 0.05) is 43.0 Å². The highest BCUT2D eigenvalue weighted by Gasteiger charge is 2.33. The summed E-state index contributed by atoms with van der Waals surface area (Å²) >= 11 is 0. The van der Waals surface area contributed by atoms with Crippen molar-refractivity contribution in [2.75, 3.05) is 30.3 Å². The van der Waals surface area contributed by atoms with Gasteiger partial charge in [-0.1, -0.05) is 25.1 Å². The first-order chi connectivity index (χ1) is 11.9. The fourth-order valence-corrected chi connectivity index (χ4v) is 3.38. The molecule has 0 aromatic heterocycles. The number of halogens is 3. The molecule has 2 atom stereocenters. The van der Waals surface area contributed by atoms with Gasteiger partial charge >= 0.3 is 6.18 Å². The van der Waals surface area contributed by atoms with Crippen LogP contribution in [0.1, 0.15) is 24.0 Å². The van der Waals surface area contributed by atoms with Gasteiger partial charge in [0.05, 0.1) is 5.56 Å². The maximum Gasteiger partial charge on any atom is 0.416 e. The molecule has 2 aromatic rings. The molecule has 1 aliphatic heterocycles. The molecule has 0 bridgehead atoms. The van der Waals surface area contributed by atoms with Gasteiger partial charge in [-0.15, -0.1) is 0 Å². The number of nitrogens with zero attached hydrogens (tertiary/aromatic N) is 1. The van der Waals surface area contributed by atoms with E-state index in [0.29, 0.717) is 17.9 Å². The van der Waals surface area contributed by atoms with Gasteiger partial charge in [-0.2, -0.15) is 13.2 Å². The lowest BCUT2D eigenvalue weighted by molar-refractivity contribution is -0.137. The summed E-state index contributed by atoms with van der Waals surface area (Å²) in [5.74, 6) is 0.156. The molecular formula is C19H22F3N3. The molecule has 0 saturated carbocycles. The fourth-order valence-electron chi connectivity index (χ4n) is 3.38. The molecule has 3 rings (SSSR count). The number of alkyl halides is 3. The zero-order chi connectivity index (χ0) is 18.0. The van der Waals surface area contributed by atoms with Crippen LogP contribution < -0.4 is 16.0 Å². The van der Waals surface area contributed by atoms with Gasteiger partial charge in [-0.25, -0.2) is 0 Å². The van der Waals surface area contributed by atoms with Crippen LogP contribution >= 0.6 is 0 Å². The second kappa shape index (κ2) is 6.96. The van der Waals surface area contributed by atoms with Crippen molar-refractivity contribution in [2.45, 2.75) is 25.1 Å². The van der Waals surface area contributed by atoms with E-state index in [2.05, 4.69) is 17.1 Å². The lowest BCUT2D eigenvalue weighted by Crippen LogP contribution is -2.53. The summed E-state index contributed by atoms with van der Waals surface area (Å²) in [5, 5.41) is 3.35. The van der Waals surface area contributed by atoms with Crippen molar-refractivity contribution >= 4 is 11.4 Å². The Bertz CT molecular complexity index is 713. The summed E-state index contributed by atoms with van der Waals surface area (Å²) in [6.07, 6.45) is -4.33. The molecule has 1 saturated heterocycles. The normalized spacial score (nSPS) is 19.7. The molecule has 6 heteroatoms. The summed E-state index contributed by atoms with van der Waals surface area (Å²) in [6.45, 7) is 4.25. The van der Waals surface area contributed by atoms with E-state index in [1.54, 1.807) is 6.07 Å². The average molecular weight is 349 g/mol. The molecule has 0 radical (unpaired) electrons. The smallest absolute Gasteiger partial charge is 0.399 e. The van der Waals surface area contributed by atoms with Crippen LogP contribution in [0.4, 0.5) is 24.5 Å². The van der Waals surface area contributed by atoms with E-state index in [0.717, 1.165) is 24.7 Å². The summed E-state index contributed by atoms with van der Waals surface area (Å²) < 4.78 is 39.2. The van der Waals surface area contributed by atoms with Crippen molar-refractivity contribution in [3.8, 4) is 0 Å². The first-order valence-electron chi connectivity index (χ1n) is 8.36. The van der Waals surface area contributed by atoms with E-state index in [1.165, 1.54) is 12.1 Å². The number of piperazine rings is 1. The maximum atomic E-state index is 13.1. The van der Waals surface area contributed by atoms with Crippen LogP contribution in [-0.2, 0) is 6.18 Å². The van der Waals surface area contributed by atoms with Crippen LogP contribution in [0.15, 0.2) is 48.5 Å². The summed E-state index contributed by atoms with van der Waals surface area (Å²) in [5.41, 5.74) is 7.58. The van der Waals surface area contributed by atoms with Crippen LogP contribution in [-0.4, -0.2) is 25.7 Å². The van der Waals surface area contributed by atoms with Crippen LogP contribution in [0.3, 0.4) is 0 Å². The minimum Gasteiger partial charge on any atom is -0.399 e. The first kappa shape index (κ1) is 17.6. The third-order valence-electron chi connectivity index (χ3n) is 4.83. The van der Waals surface area contributed by atoms with Crippen LogP contribution in [0, 0.1) is 0 Å². The van der Waals surface area contributed by atoms with Gasteiger partial charge in [0.25, 0.3) is 0 Å². The molecular weight excluding hydrogens is 327 g/mol. The van der Waals surface area contributed by atoms with Crippen molar-refractivity contribution < 1.29 is 13.2 Å². The van der Waals surface area contributed by atoms with E-state index in [4.69, 9.17) is 5.73 Å². The van der Waals surface area contributed by atoms with Crippen molar-refractivity contribution in [1.29, 1.82) is 0 Å². The minimum absolute atomic E-state index is 0.0702. The summed E-state index contributed by atoms with van der Waals surface area (Å²) in [4.78, 5) is 2.08. The fraction of sp³-hybridized carbons (Fsp3) is 0.368. The third kappa shape index (κ3) is 3.90. The lowest BCUT2D eigenvalue weighted by Gasteiger charge is -2.41. The monoisotopic (exact) mass is 349 g/mol. The quantitative estimate of drug-likeness (QED) is 0.827. The van der Waals surface area contributed by atoms with Crippen molar-refractivity contribution in [3.05, 3.63) is 59.7 Å². The number of nitrogen functional groups attached to an aromatic ring is 1. The van der Waals surface area contributed by atoms with Crippen LogP contribution in [0.2, 0.25) is 0 Å². The molecule has 0 aliphatic carbocycles. The van der Waals surface area contributed by atoms with E-state index >= 15 is 0 Å². The van der Waals surface area contributed by atoms with Crippen molar-refractivity contribution in [3.63, 3.8) is 0 Å². The Labute approximate surface area is 145 Å². The molecule has 1 heterocycles. The van der Waals surface area contributed by atoms with Gasteiger partial charge in [0.2, 0.25) is 0 Å². The predicted octanol–water partition coefficient (Wildman–Crippen LogP) is 3.87. The molecule has 2 aromatic carbocycles. The molecule has 25 heavy (non-hydrogen) atoms. The molecule has 1 aliphatic rings. The molecule has 1 fully saturated rings. The maximum absolute atomic E-state index is 13.1. The summed E-state index contributed by atoms with van der Waals surface area (Å²) in [6, 6.07) is 13.3. The lowest BCUT2D eigenvalue weighted by atomic mass is 9.90. The Hall–Kier alpha value is -2.21. The highest BCUT2D eigenvalue weighted by molar-refractivity contribution is 5.52. The average Bonchev–Trinajstić information content (AvgIpc) is 2.61. The summed E-state index contributed by atoms with van der Waals surface area (Å²) in [7, 11) is 0. The van der Waals surface area contributed by atoms with E-state index in [1.807, 2.05) is 24.3 Å². The molecule has 2 unspecified atom stereocenters. The zero-order valence-electron chi connectivity index (χ0n) is 14.1. The largest absolute Gasteiger partial charge is 0.416 e. The second-order valence-corrected chi connectivity index (χ2v) is 6.47. The number of nitrogens with two attached hydrogens (primary N) is 1. The molecule has 0 spiro atoms. The predicted molar refractivity (Wildman–Crippen MR) is 94.7 cm³/mol. The highest BCUT2D eigenvalue weighted by atomic mass is 19.4. The third-order valence-corrected chi connectivity index (χ3v) is 4.83. The van der Waals surface area contributed by atoms with E-state index < -0.39 is 11.7 Å². The highest BCUT2D eigenvalue weighted by Crippen LogP contribution is 2.34. The van der Waals surface area contributed by atoms with Gasteiger partial charge in [0.15, 0.2) is 0 Å². The number of hydrogen-bond acceptors (Lipinski definition) is 3. The standard InChI is InChI=1S/C19H22F3N3/c1-13(14-5-7-16(23)8-6-14)18-12-24-9-10-25(18)17-4-2-3-15(11-17)19(20,21)22/h2-8,11,13,18,24H,9-10,12,23H2,1H3. The number of rotatable bonds is 3. The van der Waals surface area contributed by atoms with Gasteiger partial charge in [0.1, 0.15) is 0 Å². The number of anilines is 2. The topological polar surface area (TPSA) is 41.3 Å². The van der Waals surface area contributed by atoms with Crippen LogP contribution in [0.25, 0.3) is 0 Å². The van der Waals surface area contributed by atoms with Crippen LogP contribution in [0.5, 0.6) is 0 Å². The molecule has 0 amide bonds. The first-order valence-corrected chi connectivity index (χ1v) is 8.36. The number of benzene rings is 2. The molecule has 3 N–H and O–H groups in total. The number of nitrogens with one attached hydrogen (secondary N) is 1. The Kier molecular flexibility index (Phi) is 4.90. The Morgan fingerprint density at radius 2 is 1.88 bits per heavy atom. The zero-order valence-corrected chi connectivity index (χ0v) is 14.1. The van der Waals surface area contributed by atoms with Gasteiger partial charge in [-0.05, 0) is 35.9 Å². The van der Waals surface area contributed by atoms with Gasteiger partial charge < -0.3 is 16.0 Å². The second-order valence-electron chi connectivity index (χ2n) is 6.47. The Morgan fingerprint density at radius 1 is 1.16 bits per heavy atom. The molecule has 134 valence electrons. The van der Waals surface area contributed by atoms with E-state index in [-0.39, 0.29) is 12.0 Å². The van der Waals surface area contributed by atoms with Crippen molar-refractivity contribution in [1.82, 2.24) is 5.32 Å². The van der Waals surface area contributed by atoms with Crippen molar-refractivity contribution in [2.24, 2.45) is 0 Å². The van der Waals surface area contributed by atoms with Gasteiger partial charge in [-0.3, -0.25) is 0 Å². The van der Waals surface area contributed by atoms with E-state index in [9.17, 15) is 13.2 Å². The number of hydrogen-bond donors (Lipinski definition) is 2. The SMILES string of the molecule is CC(c1ccc(N)cc1)C1CNCCN1c1cccc(C(F)(F)F)c1. The Morgan fingerprint density at radius 3 is 2.56 bits per heavy atom. The molecule has 3 nitrogen and oxygen atoms in total. The minimum atomic E-state index is -4.33.